The fourth-order valence-corrected chi connectivity index (χ4v) is 3.56. The molecule has 1 amide bonds. The monoisotopic (exact) mass is 411 g/mol. The van der Waals surface area contributed by atoms with Gasteiger partial charge in [-0.15, -0.1) is 0 Å². The first kappa shape index (κ1) is 20.5. The highest BCUT2D eigenvalue weighted by molar-refractivity contribution is 5.94. The average Bonchev–Trinajstić information content (AvgIpc) is 2.77. The fraction of sp³-hybridized carbons (Fsp3) is 0.192. The molecule has 0 fully saturated rings. The number of aryl methyl sites for hydroxylation is 2. The van der Waals surface area contributed by atoms with Crippen molar-refractivity contribution < 1.29 is 9.53 Å². The van der Waals surface area contributed by atoms with Crippen LogP contribution in [0.25, 0.3) is 10.9 Å². The van der Waals surface area contributed by atoms with Crippen molar-refractivity contribution in [1.82, 2.24) is 14.9 Å². The maximum atomic E-state index is 13.0. The van der Waals surface area contributed by atoms with Gasteiger partial charge in [-0.1, -0.05) is 54.1 Å². The minimum absolute atomic E-state index is 0.101. The normalized spacial score (nSPS) is 10.8. The summed E-state index contributed by atoms with van der Waals surface area (Å²) in [5, 5.41) is 1.03. The molecule has 1 aromatic heterocycles. The number of hydrogen-bond donors (Lipinski definition) is 0. The number of ether oxygens (including phenoxy) is 1. The molecule has 1 heterocycles. The van der Waals surface area contributed by atoms with Crippen molar-refractivity contribution >= 4 is 16.8 Å². The maximum Gasteiger partial charge on any atom is 0.254 e. The van der Waals surface area contributed by atoms with Gasteiger partial charge in [0.05, 0.1) is 12.1 Å². The molecule has 0 atom stereocenters. The van der Waals surface area contributed by atoms with Crippen LogP contribution in [0.5, 0.6) is 5.75 Å². The molecule has 0 N–H and O–H groups in total. The summed E-state index contributed by atoms with van der Waals surface area (Å²) in [5.41, 5.74) is 4.66. The molecule has 0 unspecified atom stereocenters. The Bertz CT molecular complexity index is 1240. The van der Waals surface area contributed by atoms with Crippen molar-refractivity contribution in [3.05, 3.63) is 101 Å². The van der Waals surface area contributed by atoms with Crippen LogP contribution < -0.4 is 4.74 Å². The van der Waals surface area contributed by atoms with E-state index in [9.17, 15) is 4.79 Å². The van der Waals surface area contributed by atoms with Gasteiger partial charge in [0.25, 0.3) is 5.91 Å². The van der Waals surface area contributed by atoms with Gasteiger partial charge in [0, 0.05) is 23.7 Å². The van der Waals surface area contributed by atoms with E-state index in [0.29, 0.717) is 30.3 Å². The van der Waals surface area contributed by atoms with Crippen LogP contribution in [0.15, 0.2) is 72.8 Å². The van der Waals surface area contributed by atoms with Crippen LogP contribution in [0, 0.1) is 13.8 Å². The summed E-state index contributed by atoms with van der Waals surface area (Å²) in [7, 11) is 1.76. The van der Waals surface area contributed by atoms with E-state index >= 15 is 0 Å². The summed E-state index contributed by atoms with van der Waals surface area (Å²) in [5.74, 6) is 1.19. The summed E-state index contributed by atoms with van der Waals surface area (Å²) >= 11 is 0. The number of hydrogen-bond acceptors (Lipinski definition) is 4. The second-order valence-corrected chi connectivity index (χ2v) is 7.71. The van der Waals surface area contributed by atoms with Crippen LogP contribution >= 0.6 is 0 Å². The quantitative estimate of drug-likeness (QED) is 0.443. The number of rotatable bonds is 6. The topological polar surface area (TPSA) is 55.3 Å². The molecule has 156 valence electrons. The Labute approximate surface area is 182 Å². The number of para-hydroxylation sites is 1. The molecule has 4 aromatic rings. The molecule has 31 heavy (non-hydrogen) atoms. The molecule has 0 aliphatic carbocycles. The van der Waals surface area contributed by atoms with Crippen LogP contribution in [0.2, 0.25) is 0 Å². The van der Waals surface area contributed by atoms with E-state index < -0.39 is 0 Å². The molecule has 0 aliphatic heterocycles. The zero-order valence-corrected chi connectivity index (χ0v) is 18.0. The SMILES string of the molecule is Cc1cccc(COc2cccc(C(=O)N(C)Cc3nc(C)c4ccccc4n3)c2)c1. The Morgan fingerprint density at radius 3 is 2.58 bits per heavy atom. The second-order valence-electron chi connectivity index (χ2n) is 7.71. The van der Waals surface area contributed by atoms with Gasteiger partial charge >= 0.3 is 0 Å². The molecule has 5 heteroatoms. The van der Waals surface area contributed by atoms with E-state index in [1.807, 2.05) is 55.5 Å². The van der Waals surface area contributed by atoms with Crippen LogP contribution in [0.3, 0.4) is 0 Å². The van der Waals surface area contributed by atoms with Gasteiger partial charge in [0.2, 0.25) is 0 Å². The Balaban J connectivity index is 1.46. The van der Waals surface area contributed by atoms with Gasteiger partial charge in [-0.2, -0.15) is 0 Å². The van der Waals surface area contributed by atoms with Crippen molar-refractivity contribution in [1.29, 1.82) is 0 Å². The number of benzene rings is 3. The van der Waals surface area contributed by atoms with Gasteiger partial charge in [-0.05, 0) is 43.7 Å². The van der Waals surface area contributed by atoms with Crippen LogP contribution in [-0.2, 0) is 13.2 Å². The number of amides is 1. The number of nitrogens with zero attached hydrogens (tertiary/aromatic N) is 3. The predicted octanol–water partition coefficient (Wildman–Crippen LogP) is 5.10. The van der Waals surface area contributed by atoms with E-state index in [2.05, 4.69) is 29.0 Å². The standard InChI is InChI=1S/C26H25N3O2/c1-18-8-6-9-20(14-18)17-31-22-11-7-10-21(15-22)26(30)29(3)16-25-27-19(2)23-12-4-5-13-24(23)28-25/h4-15H,16-17H2,1-3H3. The van der Waals surface area contributed by atoms with Gasteiger partial charge < -0.3 is 9.64 Å². The zero-order valence-electron chi connectivity index (χ0n) is 18.0. The first-order chi connectivity index (χ1) is 15.0. The fourth-order valence-electron chi connectivity index (χ4n) is 3.56. The third kappa shape index (κ3) is 4.89. The lowest BCUT2D eigenvalue weighted by Crippen LogP contribution is -2.27. The molecule has 0 saturated heterocycles. The Morgan fingerprint density at radius 2 is 1.74 bits per heavy atom. The minimum Gasteiger partial charge on any atom is -0.489 e. The lowest BCUT2D eigenvalue weighted by molar-refractivity contribution is 0.0781. The number of aromatic nitrogens is 2. The van der Waals surface area contributed by atoms with Crippen molar-refractivity contribution in [2.24, 2.45) is 0 Å². The van der Waals surface area contributed by atoms with Gasteiger partial charge in [-0.25, -0.2) is 9.97 Å². The Hall–Kier alpha value is -3.73. The van der Waals surface area contributed by atoms with E-state index in [4.69, 9.17) is 4.74 Å². The smallest absolute Gasteiger partial charge is 0.254 e. The van der Waals surface area contributed by atoms with Crippen molar-refractivity contribution in [2.75, 3.05) is 7.05 Å². The Morgan fingerprint density at radius 1 is 0.935 bits per heavy atom. The van der Waals surface area contributed by atoms with Crippen molar-refractivity contribution in [3.63, 3.8) is 0 Å². The third-order valence-electron chi connectivity index (χ3n) is 5.13. The zero-order chi connectivity index (χ0) is 21.8. The predicted molar refractivity (Wildman–Crippen MR) is 122 cm³/mol. The largest absolute Gasteiger partial charge is 0.489 e. The molecule has 4 rings (SSSR count). The molecule has 5 nitrogen and oxygen atoms in total. The molecule has 0 radical (unpaired) electrons. The summed E-state index contributed by atoms with van der Waals surface area (Å²) < 4.78 is 5.90. The van der Waals surface area contributed by atoms with E-state index in [1.165, 1.54) is 5.56 Å². The highest BCUT2D eigenvalue weighted by Gasteiger charge is 2.15. The molecule has 0 spiro atoms. The van der Waals surface area contributed by atoms with E-state index in [1.54, 1.807) is 24.1 Å². The van der Waals surface area contributed by atoms with Crippen molar-refractivity contribution in [2.45, 2.75) is 27.0 Å². The van der Waals surface area contributed by atoms with Crippen molar-refractivity contribution in [3.8, 4) is 5.75 Å². The lowest BCUT2D eigenvalue weighted by Gasteiger charge is -2.17. The maximum absolute atomic E-state index is 13.0. The molecule has 0 bridgehead atoms. The third-order valence-corrected chi connectivity index (χ3v) is 5.13. The first-order valence-electron chi connectivity index (χ1n) is 10.3. The highest BCUT2D eigenvalue weighted by atomic mass is 16.5. The average molecular weight is 412 g/mol. The second kappa shape index (κ2) is 8.96. The molecule has 3 aromatic carbocycles. The lowest BCUT2D eigenvalue weighted by atomic mass is 10.1. The van der Waals surface area contributed by atoms with Gasteiger partial charge in [0.1, 0.15) is 18.2 Å². The summed E-state index contributed by atoms with van der Waals surface area (Å²) in [4.78, 5) is 23.8. The molecule has 0 aliphatic rings. The molecular weight excluding hydrogens is 386 g/mol. The molecule has 0 saturated carbocycles. The first-order valence-corrected chi connectivity index (χ1v) is 10.3. The highest BCUT2D eigenvalue weighted by Crippen LogP contribution is 2.19. The number of carbonyl (C=O) groups excluding carboxylic acids is 1. The summed E-state index contributed by atoms with van der Waals surface area (Å²) in [6.07, 6.45) is 0. The summed E-state index contributed by atoms with van der Waals surface area (Å²) in [6.45, 7) is 4.81. The van der Waals surface area contributed by atoms with Crippen LogP contribution in [0.4, 0.5) is 0 Å². The van der Waals surface area contributed by atoms with E-state index in [0.717, 1.165) is 22.2 Å². The number of carbonyl (C=O) groups is 1. The summed E-state index contributed by atoms with van der Waals surface area (Å²) in [6, 6.07) is 23.4. The minimum atomic E-state index is -0.101. The van der Waals surface area contributed by atoms with Gasteiger partial charge in [0.15, 0.2) is 0 Å². The van der Waals surface area contributed by atoms with Crippen LogP contribution in [0.1, 0.15) is 33.0 Å². The number of fused-ring (bicyclic) bond motifs is 1. The molecular formula is C26H25N3O2. The van der Waals surface area contributed by atoms with Gasteiger partial charge in [-0.3, -0.25) is 4.79 Å². The Kier molecular flexibility index (Phi) is 5.94. The van der Waals surface area contributed by atoms with Crippen LogP contribution in [-0.4, -0.2) is 27.8 Å². The van der Waals surface area contributed by atoms with E-state index in [-0.39, 0.29) is 5.91 Å².